The molecule has 5 nitrogen and oxygen atoms in total. The molecule has 0 aliphatic carbocycles. The van der Waals surface area contributed by atoms with Gasteiger partial charge in [-0.05, 0) is 25.5 Å². The zero-order chi connectivity index (χ0) is 13.7. The number of carbonyl (C=O) groups excluding carboxylic acids is 1. The first kappa shape index (κ1) is 14.5. The number of methoxy groups -OCH3 is 2. The maximum atomic E-state index is 11.6. The van der Waals surface area contributed by atoms with Crippen LogP contribution in [0.3, 0.4) is 0 Å². The molecule has 1 aromatic rings. The smallest absolute Gasteiger partial charge is 0.191 e. The lowest BCUT2D eigenvalue weighted by Crippen LogP contribution is -2.10. The highest BCUT2D eigenvalue weighted by atomic mass is 16.7. The Bertz CT molecular complexity index is 439. The minimum absolute atomic E-state index is 0.123. The van der Waals surface area contributed by atoms with Gasteiger partial charge in [0.25, 0.3) is 0 Å². The van der Waals surface area contributed by atoms with Crippen LogP contribution in [0.1, 0.15) is 21.5 Å². The van der Waals surface area contributed by atoms with Gasteiger partial charge in [0, 0.05) is 12.7 Å². The van der Waals surface area contributed by atoms with Gasteiger partial charge in [-0.15, -0.1) is 0 Å². The number of ketones is 1. The quantitative estimate of drug-likeness (QED) is 0.615. The van der Waals surface area contributed by atoms with Crippen LogP contribution in [0, 0.1) is 13.8 Å². The fourth-order valence-electron chi connectivity index (χ4n) is 1.84. The van der Waals surface area contributed by atoms with Gasteiger partial charge < -0.3 is 19.3 Å². The van der Waals surface area contributed by atoms with Crippen molar-refractivity contribution in [3.63, 3.8) is 0 Å². The molecule has 0 saturated heterocycles. The van der Waals surface area contributed by atoms with Gasteiger partial charge in [-0.2, -0.15) is 0 Å². The minimum Gasteiger partial charge on any atom is -0.496 e. The molecule has 0 aromatic heterocycles. The molecule has 0 aliphatic rings. The molecular weight excluding hydrogens is 236 g/mol. The van der Waals surface area contributed by atoms with Crippen LogP contribution in [-0.4, -0.2) is 38.5 Å². The summed E-state index contributed by atoms with van der Waals surface area (Å²) in [5, 5.41) is 8.94. The molecule has 0 saturated carbocycles. The van der Waals surface area contributed by atoms with Gasteiger partial charge in [0.05, 0.1) is 12.7 Å². The zero-order valence-corrected chi connectivity index (χ0v) is 11.1. The number of aliphatic hydroxyl groups excluding tert-OH is 1. The van der Waals surface area contributed by atoms with E-state index < -0.39 is 6.61 Å². The Kier molecular flexibility index (Phi) is 5.12. The molecule has 0 radical (unpaired) electrons. The number of carbonyl (C=O) groups is 1. The van der Waals surface area contributed by atoms with Crippen molar-refractivity contribution < 1.29 is 24.1 Å². The van der Waals surface area contributed by atoms with Crippen molar-refractivity contribution >= 4 is 5.78 Å². The van der Waals surface area contributed by atoms with E-state index in [2.05, 4.69) is 0 Å². The molecule has 0 heterocycles. The fourth-order valence-corrected chi connectivity index (χ4v) is 1.84. The highest BCUT2D eigenvalue weighted by molar-refractivity contribution is 6.00. The zero-order valence-electron chi connectivity index (χ0n) is 11.1. The van der Waals surface area contributed by atoms with Gasteiger partial charge >= 0.3 is 0 Å². The van der Waals surface area contributed by atoms with E-state index in [0.29, 0.717) is 22.6 Å². The first-order valence-electron chi connectivity index (χ1n) is 5.50. The number of aryl methyl sites for hydroxylation is 1. The van der Waals surface area contributed by atoms with Gasteiger partial charge in [0.2, 0.25) is 0 Å². The molecule has 5 heteroatoms. The third-order valence-corrected chi connectivity index (χ3v) is 2.61. The minimum atomic E-state index is -0.548. The maximum absolute atomic E-state index is 11.6. The Morgan fingerprint density at radius 2 is 1.94 bits per heavy atom. The Morgan fingerprint density at radius 3 is 2.44 bits per heavy atom. The van der Waals surface area contributed by atoms with Crippen LogP contribution in [-0.2, 0) is 4.74 Å². The lowest BCUT2D eigenvalue weighted by atomic mass is 10.0. The van der Waals surface area contributed by atoms with E-state index in [1.54, 1.807) is 13.0 Å². The Hall–Kier alpha value is -1.59. The van der Waals surface area contributed by atoms with Crippen molar-refractivity contribution in [1.29, 1.82) is 0 Å². The Morgan fingerprint density at radius 1 is 1.28 bits per heavy atom. The molecule has 0 aliphatic heterocycles. The van der Waals surface area contributed by atoms with E-state index in [1.807, 2.05) is 6.92 Å². The molecular formula is C13H18O5. The van der Waals surface area contributed by atoms with Crippen molar-refractivity contribution in [1.82, 2.24) is 0 Å². The van der Waals surface area contributed by atoms with E-state index in [0.717, 1.165) is 5.56 Å². The van der Waals surface area contributed by atoms with Gasteiger partial charge in [-0.25, -0.2) is 0 Å². The summed E-state index contributed by atoms with van der Waals surface area (Å²) in [6.07, 6.45) is 0. The lowest BCUT2D eigenvalue weighted by Gasteiger charge is -2.17. The van der Waals surface area contributed by atoms with E-state index >= 15 is 0 Å². The molecule has 0 fully saturated rings. The SMILES string of the molecule is COCOc1c(C)cc(C(=O)CO)c(OC)c1C. The second-order valence-corrected chi connectivity index (χ2v) is 3.86. The molecule has 1 N–H and O–H groups in total. The summed E-state index contributed by atoms with van der Waals surface area (Å²) in [6, 6.07) is 1.65. The number of benzene rings is 1. The monoisotopic (exact) mass is 254 g/mol. The van der Waals surface area contributed by atoms with Crippen molar-refractivity contribution in [2.75, 3.05) is 27.6 Å². The highest BCUT2D eigenvalue weighted by Crippen LogP contribution is 2.35. The van der Waals surface area contributed by atoms with E-state index in [9.17, 15) is 4.79 Å². The molecule has 0 atom stereocenters. The summed E-state index contributed by atoms with van der Waals surface area (Å²) in [7, 11) is 3.01. The number of aliphatic hydroxyl groups is 1. The number of hydrogen-bond donors (Lipinski definition) is 1. The van der Waals surface area contributed by atoms with Gasteiger partial charge in [0.1, 0.15) is 18.1 Å². The normalized spacial score (nSPS) is 10.3. The van der Waals surface area contributed by atoms with Crippen LogP contribution in [0.25, 0.3) is 0 Å². The molecule has 100 valence electrons. The second-order valence-electron chi connectivity index (χ2n) is 3.86. The molecule has 0 bridgehead atoms. The van der Waals surface area contributed by atoms with Gasteiger partial charge in [-0.1, -0.05) is 0 Å². The molecule has 0 unspecified atom stereocenters. The Labute approximate surface area is 106 Å². The number of Topliss-reactive ketones (excluding diaryl/α,β-unsaturated/α-hetero) is 1. The molecule has 1 aromatic carbocycles. The van der Waals surface area contributed by atoms with Crippen molar-refractivity contribution in [3.05, 3.63) is 22.8 Å². The number of rotatable bonds is 6. The maximum Gasteiger partial charge on any atom is 0.191 e. The summed E-state index contributed by atoms with van der Waals surface area (Å²) in [5.41, 5.74) is 1.87. The summed E-state index contributed by atoms with van der Waals surface area (Å²) < 4.78 is 15.5. The van der Waals surface area contributed by atoms with Crippen LogP contribution in [0.2, 0.25) is 0 Å². The van der Waals surface area contributed by atoms with Crippen molar-refractivity contribution in [3.8, 4) is 11.5 Å². The Balaban J connectivity index is 3.30. The average Bonchev–Trinajstić information content (AvgIpc) is 2.37. The summed E-state index contributed by atoms with van der Waals surface area (Å²) in [5.74, 6) is 0.672. The summed E-state index contributed by atoms with van der Waals surface area (Å²) in [4.78, 5) is 11.6. The number of ether oxygens (including phenoxy) is 3. The standard InChI is InChI=1S/C13H18O5/c1-8-5-10(11(15)6-14)13(17-4)9(2)12(8)18-7-16-3/h5,14H,6-7H2,1-4H3. The summed E-state index contributed by atoms with van der Waals surface area (Å²) in [6.45, 7) is 3.20. The van der Waals surface area contributed by atoms with Crippen molar-refractivity contribution in [2.45, 2.75) is 13.8 Å². The molecule has 1 rings (SSSR count). The van der Waals surface area contributed by atoms with Crippen LogP contribution < -0.4 is 9.47 Å². The second kappa shape index (κ2) is 6.37. The molecule has 0 amide bonds. The van der Waals surface area contributed by atoms with Gasteiger partial charge in [-0.3, -0.25) is 4.79 Å². The topological polar surface area (TPSA) is 65.0 Å². The largest absolute Gasteiger partial charge is 0.496 e. The third-order valence-electron chi connectivity index (χ3n) is 2.61. The first-order chi connectivity index (χ1) is 8.56. The van der Waals surface area contributed by atoms with Crippen LogP contribution in [0.15, 0.2) is 6.07 Å². The van der Waals surface area contributed by atoms with Crippen LogP contribution >= 0.6 is 0 Å². The van der Waals surface area contributed by atoms with Gasteiger partial charge in [0.15, 0.2) is 12.6 Å². The van der Waals surface area contributed by atoms with E-state index in [1.165, 1.54) is 14.2 Å². The number of hydrogen-bond acceptors (Lipinski definition) is 5. The molecule has 0 spiro atoms. The average molecular weight is 254 g/mol. The van der Waals surface area contributed by atoms with Crippen LogP contribution in [0.4, 0.5) is 0 Å². The third kappa shape index (κ3) is 2.80. The predicted molar refractivity (Wildman–Crippen MR) is 66.4 cm³/mol. The summed E-state index contributed by atoms with van der Waals surface area (Å²) >= 11 is 0. The molecule has 18 heavy (non-hydrogen) atoms. The first-order valence-corrected chi connectivity index (χ1v) is 5.50. The van der Waals surface area contributed by atoms with E-state index in [-0.39, 0.29) is 12.6 Å². The van der Waals surface area contributed by atoms with Crippen molar-refractivity contribution in [2.24, 2.45) is 0 Å². The van der Waals surface area contributed by atoms with Crippen LogP contribution in [0.5, 0.6) is 11.5 Å². The lowest BCUT2D eigenvalue weighted by molar-refractivity contribution is 0.0499. The highest BCUT2D eigenvalue weighted by Gasteiger charge is 2.19. The van der Waals surface area contributed by atoms with E-state index in [4.69, 9.17) is 19.3 Å². The fraction of sp³-hybridized carbons (Fsp3) is 0.462. The predicted octanol–water partition coefficient (Wildman–Crippen LogP) is 1.47.